The summed E-state index contributed by atoms with van der Waals surface area (Å²) in [6.45, 7) is 3.26. The average Bonchev–Trinajstić information content (AvgIpc) is 2.16. The molecular weight excluding hydrogens is 178 g/mol. The Morgan fingerprint density at radius 2 is 2.36 bits per heavy atom. The maximum absolute atomic E-state index is 11.3. The minimum Gasteiger partial charge on any atom is -0.344 e. The van der Waals surface area contributed by atoms with E-state index in [1.165, 1.54) is 19.4 Å². The third-order valence-electron chi connectivity index (χ3n) is 2.85. The predicted octanol–water partition coefficient (Wildman–Crippen LogP) is -0.255. The molecule has 1 heterocycles. The lowest BCUT2D eigenvalue weighted by Crippen LogP contribution is -2.41. The van der Waals surface area contributed by atoms with Gasteiger partial charge in [0, 0.05) is 20.1 Å². The van der Waals surface area contributed by atoms with Crippen molar-refractivity contribution in [2.75, 3.05) is 40.3 Å². The summed E-state index contributed by atoms with van der Waals surface area (Å²) in [6.07, 6.45) is 2.47. The van der Waals surface area contributed by atoms with E-state index in [9.17, 15) is 4.79 Å². The number of nitrogens with two attached hydrogens (primary N) is 1. The molecule has 0 aromatic carbocycles. The van der Waals surface area contributed by atoms with E-state index in [-0.39, 0.29) is 12.5 Å². The van der Waals surface area contributed by atoms with Crippen LogP contribution in [0.15, 0.2) is 0 Å². The van der Waals surface area contributed by atoms with Gasteiger partial charge in [-0.15, -0.1) is 0 Å². The maximum Gasteiger partial charge on any atom is 0.236 e. The lowest BCUT2D eigenvalue weighted by molar-refractivity contribution is -0.129. The molecule has 1 fully saturated rings. The molecule has 1 rings (SSSR count). The van der Waals surface area contributed by atoms with E-state index in [0.29, 0.717) is 5.92 Å². The third-order valence-corrected chi connectivity index (χ3v) is 2.85. The first-order chi connectivity index (χ1) is 6.63. The number of nitrogens with zero attached hydrogens (tertiary/aromatic N) is 2. The van der Waals surface area contributed by atoms with E-state index in [1.54, 1.807) is 4.90 Å². The van der Waals surface area contributed by atoms with Gasteiger partial charge in [0.1, 0.15) is 0 Å². The summed E-state index contributed by atoms with van der Waals surface area (Å²) in [5, 5.41) is 0. The third kappa shape index (κ3) is 3.27. The second kappa shape index (κ2) is 5.32. The van der Waals surface area contributed by atoms with Crippen LogP contribution in [-0.2, 0) is 4.79 Å². The largest absolute Gasteiger partial charge is 0.344 e. The van der Waals surface area contributed by atoms with E-state index >= 15 is 0 Å². The van der Waals surface area contributed by atoms with Crippen LogP contribution in [0.4, 0.5) is 0 Å². The number of carbonyl (C=O) groups excluding carboxylic acids is 1. The van der Waals surface area contributed by atoms with Crippen molar-refractivity contribution in [3.63, 3.8) is 0 Å². The summed E-state index contributed by atoms with van der Waals surface area (Å²) >= 11 is 0. The lowest BCUT2D eigenvalue weighted by Gasteiger charge is -2.32. The maximum atomic E-state index is 11.3. The van der Waals surface area contributed by atoms with Gasteiger partial charge in [0.05, 0.1) is 6.54 Å². The molecule has 1 amide bonds. The Hall–Kier alpha value is -0.610. The molecule has 0 saturated carbocycles. The number of carbonyl (C=O) groups is 1. The van der Waals surface area contributed by atoms with Crippen LogP contribution < -0.4 is 5.73 Å². The van der Waals surface area contributed by atoms with E-state index in [2.05, 4.69) is 11.9 Å². The standard InChI is InChI=1S/C10H21N3O/c1-12-5-3-4-9(7-12)8-13(2)10(14)6-11/h9H,3-8,11H2,1-2H3/t9-/m0/s1. The van der Waals surface area contributed by atoms with Crippen molar-refractivity contribution in [1.29, 1.82) is 0 Å². The van der Waals surface area contributed by atoms with Gasteiger partial charge < -0.3 is 15.5 Å². The second-order valence-electron chi connectivity index (χ2n) is 4.25. The second-order valence-corrected chi connectivity index (χ2v) is 4.25. The van der Waals surface area contributed by atoms with Crippen molar-refractivity contribution in [3.05, 3.63) is 0 Å². The van der Waals surface area contributed by atoms with Crippen molar-refractivity contribution >= 4 is 5.91 Å². The Balaban J connectivity index is 2.32. The zero-order valence-electron chi connectivity index (χ0n) is 9.20. The molecule has 1 atom stereocenters. The molecule has 1 saturated heterocycles. The molecule has 2 N–H and O–H groups in total. The van der Waals surface area contributed by atoms with Gasteiger partial charge in [-0.25, -0.2) is 0 Å². The molecule has 0 spiro atoms. The quantitative estimate of drug-likeness (QED) is 0.681. The normalized spacial score (nSPS) is 23.5. The number of amides is 1. The highest BCUT2D eigenvalue weighted by Crippen LogP contribution is 2.15. The summed E-state index contributed by atoms with van der Waals surface area (Å²) < 4.78 is 0. The van der Waals surface area contributed by atoms with Gasteiger partial charge in [0.15, 0.2) is 0 Å². The predicted molar refractivity (Wildman–Crippen MR) is 56.9 cm³/mol. The molecule has 4 heteroatoms. The van der Waals surface area contributed by atoms with Crippen LogP contribution >= 0.6 is 0 Å². The number of likely N-dealkylation sites (N-methyl/N-ethyl adjacent to an activating group) is 1. The van der Waals surface area contributed by atoms with Gasteiger partial charge in [-0.3, -0.25) is 4.79 Å². The number of hydrogen-bond donors (Lipinski definition) is 1. The number of piperidine rings is 1. The first-order valence-corrected chi connectivity index (χ1v) is 5.26. The van der Waals surface area contributed by atoms with Gasteiger partial charge in [0.2, 0.25) is 5.91 Å². The lowest BCUT2D eigenvalue weighted by atomic mass is 9.98. The van der Waals surface area contributed by atoms with Crippen LogP contribution in [0, 0.1) is 5.92 Å². The summed E-state index contributed by atoms with van der Waals surface area (Å²) in [4.78, 5) is 15.3. The SMILES string of the molecule is CN1CCC[C@H](CN(C)C(=O)CN)C1. The fourth-order valence-corrected chi connectivity index (χ4v) is 2.07. The minimum atomic E-state index is 0.0400. The Bertz CT molecular complexity index is 196. The fraction of sp³-hybridized carbons (Fsp3) is 0.900. The smallest absolute Gasteiger partial charge is 0.236 e. The van der Waals surface area contributed by atoms with Crippen LogP contribution in [0.25, 0.3) is 0 Å². The highest BCUT2D eigenvalue weighted by Gasteiger charge is 2.19. The number of rotatable bonds is 3. The van der Waals surface area contributed by atoms with Crippen molar-refractivity contribution in [2.45, 2.75) is 12.8 Å². The van der Waals surface area contributed by atoms with Gasteiger partial charge >= 0.3 is 0 Å². The van der Waals surface area contributed by atoms with Gasteiger partial charge in [-0.2, -0.15) is 0 Å². The zero-order chi connectivity index (χ0) is 10.6. The van der Waals surface area contributed by atoms with Crippen molar-refractivity contribution in [1.82, 2.24) is 9.80 Å². The van der Waals surface area contributed by atoms with Gasteiger partial charge in [0.25, 0.3) is 0 Å². The van der Waals surface area contributed by atoms with Gasteiger partial charge in [-0.1, -0.05) is 0 Å². The van der Waals surface area contributed by atoms with Crippen LogP contribution in [-0.4, -0.2) is 56.0 Å². The minimum absolute atomic E-state index is 0.0400. The van der Waals surface area contributed by atoms with Crippen LogP contribution in [0.2, 0.25) is 0 Å². The summed E-state index contributed by atoms with van der Waals surface area (Å²) in [5.41, 5.74) is 5.30. The van der Waals surface area contributed by atoms with Crippen LogP contribution in [0.3, 0.4) is 0 Å². The first-order valence-electron chi connectivity index (χ1n) is 5.26. The monoisotopic (exact) mass is 199 g/mol. The summed E-state index contributed by atoms with van der Waals surface area (Å²) in [6, 6.07) is 0. The van der Waals surface area contributed by atoms with Crippen LogP contribution in [0.1, 0.15) is 12.8 Å². The zero-order valence-corrected chi connectivity index (χ0v) is 9.20. The van der Waals surface area contributed by atoms with Gasteiger partial charge in [-0.05, 0) is 32.4 Å². The molecule has 0 aromatic rings. The summed E-state index contributed by atoms with van der Waals surface area (Å²) in [7, 11) is 3.97. The molecule has 14 heavy (non-hydrogen) atoms. The van der Waals surface area contributed by atoms with E-state index in [1.807, 2.05) is 7.05 Å². The number of likely N-dealkylation sites (tertiary alicyclic amines) is 1. The Morgan fingerprint density at radius 3 is 2.93 bits per heavy atom. The Morgan fingerprint density at radius 1 is 1.64 bits per heavy atom. The highest BCUT2D eigenvalue weighted by molar-refractivity contribution is 5.77. The molecule has 1 aliphatic heterocycles. The van der Waals surface area contributed by atoms with E-state index in [0.717, 1.165) is 13.1 Å². The molecule has 0 aromatic heterocycles. The van der Waals surface area contributed by atoms with E-state index in [4.69, 9.17) is 5.73 Å². The average molecular weight is 199 g/mol. The molecule has 0 aliphatic carbocycles. The molecular formula is C10H21N3O. The molecule has 0 radical (unpaired) electrons. The van der Waals surface area contributed by atoms with Crippen molar-refractivity contribution < 1.29 is 4.79 Å². The first kappa shape index (κ1) is 11.5. The molecule has 4 nitrogen and oxygen atoms in total. The fourth-order valence-electron chi connectivity index (χ4n) is 2.07. The topological polar surface area (TPSA) is 49.6 Å². The Kier molecular flexibility index (Phi) is 4.35. The molecule has 1 aliphatic rings. The summed E-state index contributed by atoms with van der Waals surface area (Å²) in [5.74, 6) is 0.660. The highest BCUT2D eigenvalue weighted by atomic mass is 16.2. The van der Waals surface area contributed by atoms with E-state index < -0.39 is 0 Å². The molecule has 82 valence electrons. The molecule has 0 bridgehead atoms. The molecule has 0 unspecified atom stereocenters. The Labute approximate surface area is 86.0 Å². The van der Waals surface area contributed by atoms with Crippen LogP contribution in [0.5, 0.6) is 0 Å². The van der Waals surface area contributed by atoms with Crippen molar-refractivity contribution in [3.8, 4) is 0 Å². The van der Waals surface area contributed by atoms with Crippen molar-refractivity contribution in [2.24, 2.45) is 11.7 Å². The number of hydrogen-bond acceptors (Lipinski definition) is 3.